The summed E-state index contributed by atoms with van der Waals surface area (Å²) >= 11 is 0. The molecule has 0 aromatic heterocycles. The average Bonchev–Trinajstić information content (AvgIpc) is 3.18. The Hall–Kier alpha value is -3.35. The zero-order valence-corrected chi connectivity index (χ0v) is 21.6. The first-order valence-electron chi connectivity index (χ1n) is 12.7. The van der Waals surface area contributed by atoms with Crippen LogP contribution >= 0.6 is 0 Å². The molecule has 1 aliphatic heterocycles. The zero-order valence-electron chi connectivity index (χ0n) is 21.6. The molecule has 2 amide bonds. The van der Waals surface area contributed by atoms with Gasteiger partial charge in [0.15, 0.2) is 0 Å². The Balaban J connectivity index is 1.62. The third-order valence-corrected chi connectivity index (χ3v) is 7.83. The number of carboxylic acids is 1. The van der Waals surface area contributed by atoms with Crippen molar-refractivity contribution in [1.29, 1.82) is 0 Å². The van der Waals surface area contributed by atoms with Crippen LogP contribution in [0.15, 0.2) is 48.5 Å². The molecular weight excluding hydrogens is 456 g/mol. The van der Waals surface area contributed by atoms with Crippen molar-refractivity contribution in [3.05, 3.63) is 59.7 Å². The molecule has 1 aliphatic carbocycles. The first kappa shape index (κ1) is 25.7. The van der Waals surface area contributed by atoms with Crippen molar-refractivity contribution in [3.8, 4) is 11.1 Å². The fourth-order valence-electron chi connectivity index (χ4n) is 5.85. The van der Waals surface area contributed by atoms with Gasteiger partial charge in [0.05, 0.1) is 6.42 Å². The van der Waals surface area contributed by atoms with E-state index in [0.29, 0.717) is 13.1 Å². The molecule has 7 nitrogen and oxygen atoms in total. The molecule has 1 unspecified atom stereocenters. The Morgan fingerprint density at radius 1 is 0.944 bits per heavy atom. The number of carbonyl (C=O) groups is 3. The van der Waals surface area contributed by atoms with Crippen LogP contribution in [0.3, 0.4) is 0 Å². The second-order valence-corrected chi connectivity index (χ2v) is 10.9. The number of hydrogen-bond donors (Lipinski definition) is 1. The van der Waals surface area contributed by atoms with E-state index in [2.05, 4.69) is 12.1 Å². The number of benzene rings is 2. The van der Waals surface area contributed by atoms with Gasteiger partial charge in [-0.2, -0.15) is 0 Å². The van der Waals surface area contributed by atoms with Gasteiger partial charge in [0.25, 0.3) is 0 Å². The Labute approximate surface area is 213 Å². The molecule has 1 fully saturated rings. The Morgan fingerprint density at radius 3 is 1.97 bits per heavy atom. The molecule has 1 heterocycles. The van der Waals surface area contributed by atoms with E-state index in [-0.39, 0.29) is 18.4 Å². The van der Waals surface area contributed by atoms with Crippen molar-refractivity contribution in [3.63, 3.8) is 0 Å². The molecule has 4 rings (SSSR count). The Kier molecular flexibility index (Phi) is 7.12. The predicted octanol–water partition coefficient (Wildman–Crippen LogP) is 5.14. The van der Waals surface area contributed by atoms with E-state index in [1.165, 1.54) is 11.9 Å². The minimum Gasteiger partial charge on any atom is -0.481 e. The van der Waals surface area contributed by atoms with Gasteiger partial charge in [-0.15, -0.1) is 0 Å². The van der Waals surface area contributed by atoms with E-state index in [0.717, 1.165) is 41.5 Å². The molecule has 0 spiro atoms. The SMILES string of the molecule is CN(C(=O)OCC1c2ccccc2-c2ccccc21)C(CC(=O)O)(C(=O)N1CCCCC1)C(C)(C)C. The molecule has 192 valence electrons. The number of carbonyl (C=O) groups excluding carboxylic acids is 2. The van der Waals surface area contributed by atoms with E-state index in [1.807, 2.05) is 57.2 Å². The van der Waals surface area contributed by atoms with Crippen molar-refractivity contribution in [2.24, 2.45) is 5.41 Å². The van der Waals surface area contributed by atoms with Crippen molar-refractivity contribution >= 4 is 18.0 Å². The highest BCUT2D eigenvalue weighted by molar-refractivity contribution is 5.94. The molecule has 0 radical (unpaired) electrons. The summed E-state index contributed by atoms with van der Waals surface area (Å²) in [5.41, 5.74) is 1.99. The van der Waals surface area contributed by atoms with Crippen molar-refractivity contribution in [2.75, 3.05) is 26.7 Å². The topological polar surface area (TPSA) is 87.1 Å². The second kappa shape index (κ2) is 9.96. The van der Waals surface area contributed by atoms with E-state index in [1.54, 1.807) is 4.90 Å². The molecule has 0 saturated carbocycles. The van der Waals surface area contributed by atoms with Crippen molar-refractivity contribution in [2.45, 2.75) is 57.9 Å². The van der Waals surface area contributed by atoms with Crippen LogP contribution in [0, 0.1) is 5.41 Å². The van der Waals surface area contributed by atoms with E-state index < -0.39 is 29.4 Å². The van der Waals surface area contributed by atoms with Crippen molar-refractivity contribution in [1.82, 2.24) is 9.80 Å². The molecule has 0 bridgehead atoms. The van der Waals surface area contributed by atoms with Gasteiger partial charge in [0, 0.05) is 26.1 Å². The molecule has 2 aromatic carbocycles. The van der Waals surface area contributed by atoms with E-state index >= 15 is 0 Å². The number of fused-ring (bicyclic) bond motifs is 3. The van der Waals surface area contributed by atoms with Gasteiger partial charge in [-0.1, -0.05) is 69.3 Å². The third-order valence-electron chi connectivity index (χ3n) is 7.83. The van der Waals surface area contributed by atoms with Gasteiger partial charge < -0.3 is 14.7 Å². The quantitative estimate of drug-likeness (QED) is 0.603. The summed E-state index contributed by atoms with van der Waals surface area (Å²) in [4.78, 5) is 42.5. The lowest BCUT2D eigenvalue weighted by Gasteiger charge is -2.50. The largest absolute Gasteiger partial charge is 0.481 e. The molecule has 7 heteroatoms. The van der Waals surface area contributed by atoms with Crippen LogP contribution in [0.2, 0.25) is 0 Å². The van der Waals surface area contributed by atoms with Gasteiger partial charge in [-0.05, 0) is 46.9 Å². The normalized spacial score (nSPS) is 17.1. The maximum atomic E-state index is 13.9. The first-order valence-corrected chi connectivity index (χ1v) is 12.7. The number of likely N-dealkylation sites (tertiary alicyclic amines) is 1. The highest BCUT2D eigenvalue weighted by Gasteiger charge is 2.57. The lowest BCUT2D eigenvalue weighted by molar-refractivity contribution is -0.160. The molecule has 1 saturated heterocycles. The summed E-state index contributed by atoms with van der Waals surface area (Å²) in [6.07, 6.45) is 1.58. The van der Waals surface area contributed by atoms with Crippen LogP contribution in [-0.2, 0) is 14.3 Å². The number of ether oxygens (including phenoxy) is 1. The molecule has 36 heavy (non-hydrogen) atoms. The van der Waals surface area contributed by atoms with Crippen LogP contribution in [0.25, 0.3) is 11.1 Å². The number of piperidine rings is 1. The lowest BCUT2D eigenvalue weighted by Crippen LogP contribution is -2.67. The van der Waals surface area contributed by atoms with Crippen LogP contribution in [-0.4, -0.2) is 65.2 Å². The summed E-state index contributed by atoms with van der Waals surface area (Å²) in [6, 6.07) is 16.2. The third kappa shape index (κ3) is 4.47. The minimum atomic E-state index is -1.58. The smallest absolute Gasteiger partial charge is 0.410 e. The number of aliphatic carboxylic acids is 1. The summed E-state index contributed by atoms with van der Waals surface area (Å²) in [5.74, 6) is -1.59. The van der Waals surface area contributed by atoms with Gasteiger partial charge in [-0.3, -0.25) is 14.5 Å². The molecular formula is C29H36N2O5. The number of hydrogen-bond acceptors (Lipinski definition) is 4. The van der Waals surface area contributed by atoms with Gasteiger partial charge in [-0.25, -0.2) is 4.79 Å². The highest BCUT2D eigenvalue weighted by Crippen LogP contribution is 2.45. The predicted molar refractivity (Wildman–Crippen MR) is 138 cm³/mol. The summed E-state index contributed by atoms with van der Waals surface area (Å²) < 4.78 is 5.85. The fraction of sp³-hybridized carbons (Fsp3) is 0.483. The van der Waals surface area contributed by atoms with E-state index in [9.17, 15) is 19.5 Å². The number of rotatable bonds is 6. The maximum Gasteiger partial charge on any atom is 0.410 e. The van der Waals surface area contributed by atoms with Crippen LogP contribution in [0.5, 0.6) is 0 Å². The standard InChI is InChI=1S/C29H36N2O5/c1-28(2,3)29(18-25(32)33,26(34)31-16-10-5-11-17-31)30(4)27(35)36-19-24-22-14-8-6-12-20(22)21-13-7-9-15-23(21)24/h6-9,12-15,24H,5,10-11,16-19H2,1-4H3,(H,32,33). The average molecular weight is 493 g/mol. The number of carboxylic acid groups (broad SMARTS) is 1. The molecule has 2 aliphatic rings. The van der Waals surface area contributed by atoms with Gasteiger partial charge >= 0.3 is 12.1 Å². The highest BCUT2D eigenvalue weighted by atomic mass is 16.6. The van der Waals surface area contributed by atoms with Crippen LogP contribution < -0.4 is 0 Å². The lowest BCUT2D eigenvalue weighted by atomic mass is 9.69. The molecule has 1 atom stereocenters. The fourth-order valence-corrected chi connectivity index (χ4v) is 5.85. The number of nitrogens with zero attached hydrogens (tertiary/aromatic N) is 2. The Bertz CT molecular complexity index is 1100. The Morgan fingerprint density at radius 2 is 1.47 bits per heavy atom. The summed E-state index contributed by atoms with van der Waals surface area (Å²) in [7, 11) is 1.49. The number of likely N-dealkylation sites (N-methyl/N-ethyl adjacent to an activating group) is 1. The second-order valence-electron chi connectivity index (χ2n) is 10.9. The van der Waals surface area contributed by atoms with E-state index in [4.69, 9.17) is 4.74 Å². The molecule has 1 N–H and O–H groups in total. The first-order chi connectivity index (χ1) is 17.1. The summed E-state index contributed by atoms with van der Waals surface area (Å²) in [5, 5.41) is 9.86. The minimum absolute atomic E-state index is 0.0996. The number of amides is 2. The van der Waals surface area contributed by atoms with Crippen molar-refractivity contribution < 1.29 is 24.2 Å². The van der Waals surface area contributed by atoms with Crippen LogP contribution in [0.1, 0.15) is 63.5 Å². The zero-order chi connectivity index (χ0) is 26.1. The summed E-state index contributed by atoms with van der Waals surface area (Å²) in [6.45, 7) is 6.66. The van der Waals surface area contributed by atoms with Gasteiger partial charge in [0.1, 0.15) is 12.1 Å². The monoisotopic (exact) mass is 492 g/mol. The maximum absolute atomic E-state index is 13.9. The molecule has 2 aromatic rings. The van der Waals surface area contributed by atoms with Crippen LogP contribution in [0.4, 0.5) is 4.79 Å². The van der Waals surface area contributed by atoms with Gasteiger partial charge in [0.2, 0.25) is 5.91 Å².